The fourth-order valence-electron chi connectivity index (χ4n) is 3.97. The predicted octanol–water partition coefficient (Wildman–Crippen LogP) is 4.05. The number of nitrogens with zero attached hydrogens (tertiary/aromatic N) is 3. The molecule has 2 N–H and O–H groups in total. The number of carbonyl (C=O) groups excluding carboxylic acids is 2. The van der Waals surface area contributed by atoms with Crippen molar-refractivity contribution in [2.24, 2.45) is 0 Å². The second kappa shape index (κ2) is 8.17. The van der Waals surface area contributed by atoms with Gasteiger partial charge >= 0.3 is 0 Å². The molecule has 1 aliphatic rings. The van der Waals surface area contributed by atoms with Crippen molar-refractivity contribution in [3.05, 3.63) is 63.3 Å². The lowest BCUT2D eigenvalue weighted by Crippen LogP contribution is -2.42. The zero-order valence-corrected chi connectivity index (χ0v) is 17.3. The number of aromatic amines is 1. The number of nitro benzene ring substituents is 1. The summed E-state index contributed by atoms with van der Waals surface area (Å²) in [6.07, 6.45) is 3.16. The van der Waals surface area contributed by atoms with Crippen molar-refractivity contribution >= 4 is 34.1 Å². The van der Waals surface area contributed by atoms with Crippen LogP contribution in [0, 0.1) is 17.0 Å². The molecule has 31 heavy (non-hydrogen) atoms. The largest absolute Gasteiger partial charge is 0.336 e. The van der Waals surface area contributed by atoms with Crippen LogP contribution in [0.15, 0.2) is 36.4 Å². The van der Waals surface area contributed by atoms with E-state index < -0.39 is 10.8 Å². The molecule has 0 spiro atoms. The molecule has 9 nitrogen and oxygen atoms in total. The average Bonchev–Trinajstić information content (AvgIpc) is 3.18. The van der Waals surface area contributed by atoms with Crippen LogP contribution in [-0.2, 0) is 0 Å². The molecule has 1 aromatic heterocycles. The molecular weight excluding hydrogens is 398 g/mol. The minimum Gasteiger partial charge on any atom is -0.336 e. The maximum absolute atomic E-state index is 12.9. The summed E-state index contributed by atoms with van der Waals surface area (Å²) in [6.45, 7) is 4.65. The van der Waals surface area contributed by atoms with Crippen LogP contribution in [0.1, 0.15) is 52.6 Å². The molecule has 2 amide bonds. The van der Waals surface area contributed by atoms with Crippen molar-refractivity contribution < 1.29 is 14.5 Å². The van der Waals surface area contributed by atoms with E-state index in [9.17, 15) is 19.7 Å². The molecule has 1 fully saturated rings. The van der Waals surface area contributed by atoms with Crippen molar-refractivity contribution in [1.29, 1.82) is 0 Å². The van der Waals surface area contributed by atoms with E-state index in [-0.39, 0.29) is 23.3 Å². The third-order valence-electron chi connectivity index (χ3n) is 5.76. The minimum absolute atomic E-state index is 0.00113. The van der Waals surface area contributed by atoms with Gasteiger partial charge in [-0.15, -0.1) is 0 Å². The van der Waals surface area contributed by atoms with Crippen molar-refractivity contribution in [1.82, 2.24) is 15.1 Å². The topological polar surface area (TPSA) is 121 Å². The first-order valence-corrected chi connectivity index (χ1v) is 10.2. The Morgan fingerprint density at radius 1 is 1.23 bits per heavy atom. The van der Waals surface area contributed by atoms with Gasteiger partial charge in [-0.1, -0.05) is 0 Å². The van der Waals surface area contributed by atoms with Crippen LogP contribution >= 0.6 is 0 Å². The molecule has 160 valence electrons. The number of benzene rings is 2. The van der Waals surface area contributed by atoms with E-state index in [0.29, 0.717) is 22.2 Å². The van der Waals surface area contributed by atoms with Gasteiger partial charge in [0.25, 0.3) is 17.5 Å². The maximum atomic E-state index is 12.9. The zero-order chi connectivity index (χ0) is 22.1. The van der Waals surface area contributed by atoms with Crippen LogP contribution in [0.3, 0.4) is 0 Å². The van der Waals surface area contributed by atoms with Crippen LogP contribution in [0.2, 0.25) is 0 Å². The number of carbonyl (C=O) groups is 2. The van der Waals surface area contributed by atoms with Gasteiger partial charge in [0.2, 0.25) is 0 Å². The second-order valence-electron chi connectivity index (χ2n) is 7.89. The summed E-state index contributed by atoms with van der Waals surface area (Å²) in [4.78, 5) is 38.1. The lowest BCUT2D eigenvalue weighted by atomic mass is 10.0. The highest BCUT2D eigenvalue weighted by Crippen LogP contribution is 2.25. The highest BCUT2D eigenvalue weighted by Gasteiger charge is 2.25. The molecule has 1 unspecified atom stereocenters. The number of hydrogen-bond donors (Lipinski definition) is 2. The molecule has 0 bridgehead atoms. The Morgan fingerprint density at radius 3 is 2.74 bits per heavy atom. The Hall–Kier alpha value is -3.75. The van der Waals surface area contributed by atoms with Gasteiger partial charge in [-0.05, 0) is 62.9 Å². The molecule has 0 saturated carbocycles. The van der Waals surface area contributed by atoms with E-state index >= 15 is 0 Å². The van der Waals surface area contributed by atoms with E-state index in [1.54, 1.807) is 18.2 Å². The summed E-state index contributed by atoms with van der Waals surface area (Å²) in [5, 5.41) is 20.9. The lowest BCUT2D eigenvalue weighted by molar-refractivity contribution is -0.384. The first kappa shape index (κ1) is 20.5. The quantitative estimate of drug-likeness (QED) is 0.486. The Bertz CT molecular complexity index is 1190. The predicted molar refractivity (Wildman–Crippen MR) is 116 cm³/mol. The average molecular weight is 421 g/mol. The van der Waals surface area contributed by atoms with Crippen molar-refractivity contribution in [3.63, 3.8) is 0 Å². The van der Waals surface area contributed by atoms with E-state index in [0.717, 1.165) is 31.4 Å². The monoisotopic (exact) mass is 421 g/mol. The third-order valence-corrected chi connectivity index (χ3v) is 5.76. The van der Waals surface area contributed by atoms with Crippen LogP contribution in [-0.4, -0.2) is 44.4 Å². The summed E-state index contributed by atoms with van der Waals surface area (Å²) < 4.78 is 0. The minimum atomic E-state index is -0.517. The molecule has 0 radical (unpaired) electrons. The molecule has 1 aliphatic heterocycles. The Labute approximate surface area is 178 Å². The fraction of sp³-hybridized carbons (Fsp3) is 0.318. The normalized spacial score (nSPS) is 16.3. The van der Waals surface area contributed by atoms with E-state index in [4.69, 9.17) is 0 Å². The van der Waals surface area contributed by atoms with Gasteiger partial charge in [0.1, 0.15) is 0 Å². The maximum Gasteiger partial charge on any atom is 0.276 e. The molecule has 0 aliphatic carbocycles. The smallest absolute Gasteiger partial charge is 0.276 e. The molecular formula is C22H23N5O4. The molecule has 3 aromatic rings. The number of nitro groups is 1. The number of H-pyrrole nitrogens is 1. The second-order valence-corrected chi connectivity index (χ2v) is 7.89. The number of nitrogens with one attached hydrogen (secondary N) is 2. The Morgan fingerprint density at radius 2 is 2.03 bits per heavy atom. The van der Waals surface area contributed by atoms with Crippen molar-refractivity contribution in [2.45, 2.75) is 39.2 Å². The zero-order valence-electron chi connectivity index (χ0n) is 17.3. The fourth-order valence-corrected chi connectivity index (χ4v) is 3.97. The Balaban J connectivity index is 1.55. The lowest BCUT2D eigenvalue weighted by Gasteiger charge is -2.33. The van der Waals surface area contributed by atoms with Crippen LogP contribution < -0.4 is 5.32 Å². The molecule has 4 rings (SSSR count). The van der Waals surface area contributed by atoms with Gasteiger partial charge in [0, 0.05) is 41.4 Å². The third kappa shape index (κ3) is 3.98. The number of hydrogen-bond acceptors (Lipinski definition) is 5. The first-order chi connectivity index (χ1) is 14.8. The highest BCUT2D eigenvalue weighted by atomic mass is 16.6. The summed E-state index contributed by atoms with van der Waals surface area (Å²) in [7, 11) is 0. The Kier molecular flexibility index (Phi) is 5.41. The molecule has 2 aromatic carbocycles. The standard InChI is InChI=1S/C22H23N5O4/c1-13-11-15(22(29)26-10-4-3-5-14(26)2)6-8-18(13)23-21(28)20-17-12-16(27(30)31)7-9-19(17)24-25-20/h6-9,11-12,14H,3-5,10H2,1-2H3,(H,23,28)(H,24,25). The van der Waals surface area contributed by atoms with Gasteiger partial charge in [-0.25, -0.2) is 0 Å². The number of piperidine rings is 1. The van der Waals surface area contributed by atoms with E-state index in [1.165, 1.54) is 18.2 Å². The molecule has 1 atom stereocenters. The van der Waals surface area contributed by atoms with Crippen LogP contribution in [0.4, 0.5) is 11.4 Å². The van der Waals surface area contributed by atoms with Gasteiger partial charge < -0.3 is 10.2 Å². The summed E-state index contributed by atoms with van der Waals surface area (Å²) in [6, 6.07) is 9.59. The summed E-state index contributed by atoms with van der Waals surface area (Å²) in [5.41, 5.74) is 2.37. The van der Waals surface area contributed by atoms with E-state index in [2.05, 4.69) is 22.4 Å². The first-order valence-electron chi connectivity index (χ1n) is 10.2. The van der Waals surface area contributed by atoms with Crippen molar-refractivity contribution in [2.75, 3.05) is 11.9 Å². The van der Waals surface area contributed by atoms with Gasteiger partial charge in [0.05, 0.1) is 10.4 Å². The number of aryl methyl sites for hydroxylation is 1. The van der Waals surface area contributed by atoms with Crippen molar-refractivity contribution in [3.8, 4) is 0 Å². The SMILES string of the molecule is Cc1cc(C(=O)N2CCCCC2C)ccc1NC(=O)c1n[nH]c2ccc([N+](=O)[O-])cc12. The number of non-ortho nitro benzene ring substituents is 1. The van der Waals surface area contributed by atoms with Crippen LogP contribution in [0.25, 0.3) is 10.9 Å². The molecule has 9 heteroatoms. The number of fused-ring (bicyclic) bond motifs is 1. The summed E-state index contributed by atoms with van der Waals surface area (Å²) in [5.74, 6) is -0.489. The number of amides is 2. The van der Waals surface area contributed by atoms with Gasteiger partial charge in [0.15, 0.2) is 5.69 Å². The number of likely N-dealkylation sites (tertiary alicyclic amines) is 1. The van der Waals surface area contributed by atoms with E-state index in [1.807, 2.05) is 11.8 Å². The summed E-state index contributed by atoms with van der Waals surface area (Å²) >= 11 is 0. The van der Waals surface area contributed by atoms with Crippen LogP contribution in [0.5, 0.6) is 0 Å². The molecule has 2 heterocycles. The van der Waals surface area contributed by atoms with Gasteiger partial charge in [-0.3, -0.25) is 24.8 Å². The van der Waals surface area contributed by atoms with Gasteiger partial charge in [-0.2, -0.15) is 5.10 Å². The molecule has 1 saturated heterocycles. The highest BCUT2D eigenvalue weighted by molar-refractivity contribution is 6.11. The number of rotatable bonds is 4. The number of aromatic nitrogens is 2. The number of anilines is 1.